The van der Waals surface area contributed by atoms with Crippen LogP contribution in [0.1, 0.15) is 18.5 Å². The number of hydrogen-bond donors (Lipinski definition) is 5. The van der Waals surface area contributed by atoms with Crippen LogP contribution in [0, 0.1) is 0 Å². The van der Waals surface area contributed by atoms with Gasteiger partial charge < -0.3 is 25.7 Å². The summed E-state index contributed by atoms with van der Waals surface area (Å²) in [6.07, 6.45) is 3.20. The molecule has 2 aromatic heterocycles. The summed E-state index contributed by atoms with van der Waals surface area (Å²) in [5.74, 6) is -3.77. The van der Waals surface area contributed by atoms with Gasteiger partial charge in [-0.15, -0.1) is 0 Å². The molecule has 6 N–H and O–H groups in total. The van der Waals surface area contributed by atoms with Crippen LogP contribution >= 0.6 is 11.6 Å². The molecule has 3 amide bonds. The van der Waals surface area contributed by atoms with Crippen molar-refractivity contribution >= 4 is 51.9 Å². The second-order valence-corrected chi connectivity index (χ2v) is 9.69. The number of rotatable bonds is 9. The zero-order chi connectivity index (χ0) is 30.4. The number of carboxylic acids is 1. The minimum absolute atomic E-state index is 0.223. The smallest absolute Gasteiger partial charge is 0.325 e. The van der Waals surface area contributed by atoms with E-state index < -0.39 is 41.8 Å². The average Bonchev–Trinajstić information content (AvgIpc) is 3.41. The number of carbonyl (C=O) groups is 4. The summed E-state index contributed by atoms with van der Waals surface area (Å²) in [6, 6.07) is 16.4. The number of halogens is 1. The van der Waals surface area contributed by atoms with E-state index in [1.165, 1.54) is 13.1 Å². The Bertz CT molecular complexity index is 1750. The molecule has 0 aliphatic carbocycles. The molecule has 12 nitrogen and oxygen atoms in total. The number of hydrazine groups is 1. The molecule has 42 heavy (non-hydrogen) atoms. The van der Waals surface area contributed by atoms with Gasteiger partial charge in [-0.3, -0.25) is 29.4 Å². The average molecular weight is 591 g/mol. The molecule has 1 atom stereocenters. The number of nitrogens with one attached hydrogen (secondary N) is 3. The summed E-state index contributed by atoms with van der Waals surface area (Å²) in [6.45, 7) is 0.758. The van der Waals surface area contributed by atoms with E-state index >= 15 is 0 Å². The molecule has 0 saturated heterocycles. The molecule has 13 heteroatoms. The predicted molar refractivity (Wildman–Crippen MR) is 157 cm³/mol. The quantitative estimate of drug-likeness (QED) is 0.113. The second-order valence-electron chi connectivity index (χ2n) is 9.28. The molecule has 1 unspecified atom stereocenters. The first-order valence-electron chi connectivity index (χ1n) is 12.7. The zero-order valence-corrected chi connectivity index (χ0v) is 23.1. The minimum Gasteiger partial charge on any atom is -0.480 e. The van der Waals surface area contributed by atoms with Crippen molar-refractivity contribution in [1.29, 1.82) is 0 Å². The molecule has 0 saturated carbocycles. The second kappa shape index (κ2) is 12.9. The summed E-state index contributed by atoms with van der Waals surface area (Å²) < 4.78 is 1.14. The lowest BCUT2D eigenvalue weighted by molar-refractivity contribution is -0.148. The SMILES string of the molecule is CC(C(=O)NN(CC(=O)O)C(=O)C=CC(=O)NCc1ccccc1)n1ccc2cc(-c3ccc(N)c(Cl)c3)[nH]c2c1=O. The highest BCUT2D eigenvalue weighted by Gasteiger charge is 2.23. The number of benzene rings is 2. The van der Waals surface area contributed by atoms with Crippen LogP contribution < -0.4 is 22.0 Å². The molecule has 0 aliphatic rings. The lowest BCUT2D eigenvalue weighted by Gasteiger charge is -2.23. The van der Waals surface area contributed by atoms with Crippen molar-refractivity contribution in [2.24, 2.45) is 0 Å². The lowest BCUT2D eigenvalue weighted by Crippen LogP contribution is -2.50. The van der Waals surface area contributed by atoms with Gasteiger partial charge in [0.25, 0.3) is 17.4 Å². The Morgan fingerprint density at radius 2 is 1.83 bits per heavy atom. The first-order chi connectivity index (χ1) is 20.0. The monoisotopic (exact) mass is 590 g/mol. The number of nitrogens with zero attached hydrogens (tertiary/aromatic N) is 2. The maximum Gasteiger partial charge on any atom is 0.325 e. The summed E-state index contributed by atoms with van der Waals surface area (Å²) in [5, 5.41) is 13.3. The number of pyridine rings is 1. The normalized spacial score (nSPS) is 11.8. The van der Waals surface area contributed by atoms with E-state index in [1.807, 2.05) is 30.3 Å². The Hall–Kier alpha value is -5.36. The minimum atomic E-state index is -1.40. The van der Waals surface area contributed by atoms with Crippen LogP contribution in [-0.4, -0.2) is 49.9 Å². The number of hydrogen-bond acceptors (Lipinski definition) is 6. The molecule has 0 spiro atoms. The fraction of sp³-hybridized carbons (Fsp3) is 0.138. The van der Waals surface area contributed by atoms with Crippen LogP contribution in [0.5, 0.6) is 0 Å². The number of anilines is 1. The van der Waals surface area contributed by atoms with Crippen molar-refractivity contribution in [3.05, 3.63) is 100.0 Å². The van der Waals surface area contributed by atoms with E-state index in [4.69, 9.17) is 17.3 Å². The topological polar surface area (TPSA) is 180 Å². The van der Waals surface area contributed by atoms with Gasteiger partial charge in [0.05, 0.1) is 10.7 Å². The first kappa shape index (κ1) is 29.6. The van der Waals surface area contributed by atoms with Crippen LogP contribution in [0.4, 0.5) is 5.69 Å². The fourth-order valence-corrected chi connectivity index (χ4v) is 4.21. The van der Waals surface area contributed by atoms with E-state index in [-0.39, 0.29) is 12.1 Å². The van der Waals surface area contributed by atoms with Crippen molar-refractivity contribution in [2.75, 3.05) is 12.3 Å². The van der Waals surface area contributed by atoms with E-state index in [1.54, 1.807) is 30.3 Å². The highest BCUT2D eigenvalue weighted by atomic mass is 35.5. The Balaban J connectivity index is 1.47. The number of fused-ring (bicyclic) bond motifs is 1. The summed E-state index contributed by atoms with van der Waals surface area (Å²) >= 11 is 6.13. The molecule has 2 aromatic carbocycles. The Kier molecular flexibility index (Phi) is 9.08. The summed E-state index contributed by atoms with van der Waals surface area (Å²) in [7, 11) is 0. The number of aliphatic carboxylic acids is 1. The van der Waals surface area contributed by atoms with Crippen LogP contribution in [0.3, 0.4) is 0 Å². The van der Waals surface area contributed by atoms with Gasteiger partial charge in [0, 0.05) is 36.0 Å². The first-order valence-corrected chi connectivity index (χ1v) is 13.0. The maximum atomic E-state index is 13.3. The summed E-state index contributed by atoms with van der Waals surface area (Å²) in [5.41, 5.74) is 10.3. The molecule has 2 heterocycles. The molecule has 4 rings (SSSR count). The predicted octanol–water partition coefficient (Wildman–Crippen LogP) is 2.61. The van der Waals surface area contributed by atoms with E-state index in [2.05, 4.69) is 15.7 Å². The van der Waals surface area contributed by atoms with Gasteiger partial charge in [0.1, 0.15) is 18.1 Å². The van der Waals surface area contributed by atoms with Crippen LogP contribution in [0.15, 0.2) is 83.8 Å². The van der Waals surface area contributed by atoms with Gasteiger partial charge in [-0.2, -0.15) is 0 Å². The van der Waals surface area contributed by atoms with E-state index in [9.17, 15) is 29.1 Å². The van der Waals surface area contributed by atoms with Crippen molar-refractivity contribution in [3.63, 3.8) is 0 Å². The number of amides is 3. The van der Waals surface area contributed by atoms with Gasteiger partial charge in [-0.25, -0.2) is 5.01 Å². The zero-order valence-electron chi connectivity index (χ0n) is 22.3. The third-order valence-electron chi connectivity index (χ3n) is 6.31. The third-order valence-corrected chi connectivity index (χ3v) is 6.64. The van der Waals surface area contributed by atoms with Gasteiger partial charge in [-0.1, -0.05) is 48.0 Å². The van der Waals surface area contributed by atoms with Crippen LogP contribution in [-0.2, 0) is 25.7 Å². The standard InChI is InChI=1S/C29H27ClN6O6/c1-17(35-12-11-20-14-23(33-27(20)29(35)42)19-7-8-22(31)21(30)13-19)28(41)34-36(16-26(39)40)25(38)10-9-24(37)32-15-18-5-3-2-4-6-18/h2-14,17,33H,15-16,31H2,1H3,(H,32,37)(H,34,41)(H,39,40). The highest BCUT2D eigenvalue weighted by Crippen LogP contribution is 2.28. The lowest BCUT2D eigenvalue weighted by atomic mass is 10.1. The Morgan fingerprint density at radius 3 is 2.52 bits per heavy atom. The fourth-order valence-electron chi connectivity index (χ4n) is 4.03. The van der Waals surface area contributed by atoms with Gasteiger partial charge in [-0.05, 0) is 42.3 Å². The molecular formula is C29H27ClN6O6. The molecular weight excluding hydrogens is 564 g/mol. The maximum absolute atomic E-state index is 13.3. The molecule has 4 aromatic rings. The number of carbonyl (C=O) groups excluding carboxylic acids is 3. The molecule has 0 radical (unpaired) electrons. The molecule has 216 valence electrons. The molecule has 0 fully saturated rings. The van der Waals surface area contributed by atoms with Crippen molar-refractivity contribution in [3.8, 4) is 11.3 Å². The van der Waals surface area contributed by atoms with Crippen LogP contribution in [0.2, 0.25) is 5.02 Å². The van der Waals surface area contributed by atoms with Crippen LogP contribution in [0.25, 0.3) is 22.2 Å². The van der Waals surface area contributed by atoms with Crippen molar-refractivity contribution < 1.29 is 24.3 Å². The number of nitrogen functional groups attached to an aromatic ring is 1. The number of aromatic nitrogens is 2. The highest BCUT2D eigenvalue weighted by molar-refractivity contribution is 6.33. The van der Waals surface area contributed by atoms with Gasteiger partial charge in [0.15, 0.2) is 0 Å². The van der Waals surface area contributed by atoms with Gasteiger partial charge in [0.2, 0.25) is 5.91 Å². The van der Waals surface area contributed by atoms with Crippen molar-refractivity contribution in [1.82, 2.24) is 25.3 Å². The number of H-pyrrole nitrogens is 1. The van der Waals surface area contributed by atoms with E-state index in [0.29, 0.717) is 32.4 Å². The Morgan fingerprint density at radius 1 is 1.10 bits per heavy atom. The molecule has 0 bridgehead atoms. The van der Waals surface area contributed by atoms with Crippen molar-refractivity contribution in [2.45, 2.75) is 19.5 Å². The third kappa shape index (κ3) is 7.04. The van der Waals surface area contributed by atoms with E-state index in [0.717, 1.165) is 22.3 Å². The Labute approximate surface area is 244 Å². The molecule has 0 aliphatic heterocycles. The van der Waals surface area contributed by atoms with Gasteiger partial charge >= 0.3 is 5.97 Å². The summed E-state index contributed by atoms with van der Waals surface area (Å²) in [4.78, 5) is 65.5. The number of carboxylic acid groups (broad SMARTS) is 1. The number of aromatic amines is 1. The largest absolute Gasteiger partial charge is 0.480 e. The number of nitrogens with two attached hydrogens (primary N) is 1.